The molecule has 0 spiro atoms. The topological polar surface area (TPSA) is 62.0 Å². The van der Waals surface area contributed by atoms with Crippen molar-refractivity contribution in [2.75, 3.05) is 45.0 Å². The molecule has 2 aliphatic rings. The fourth-order valence-corrected chi connectivity index (χ4v) is 4.52. The van der Waals surface area contributed by atoms with E-state index in [1.165, 1.54) is 17.7 Å². The Morgan fingerprint density at radius 2 is 1.53 bits per heavy atom. The Hall–Kier alpha value is -1.44. The first-order chi connectivity index (χ1) is 13.8. The molecule has 2 fully saturated rings. The number of hydrogen-bond donors (Lipinski definition) is 1. The standard InChI is InChI=1S/C20H32N4O2S.C2H6.CH4/c1-20(2,3)26-19(25)23-14-12-22(13-15-23)17-8-10-24(11-9-17)27-18-6-4-16(21)5-7-18;1-2;/h4-7,17H,8-15,21H2,1-3H3;1-2H3;1H4. The monoisotopic (exact) mass is 438 g/mol. The number of ether oxygens (including phenoxy) is 1. The van der Waals surface area contributed by atoms with E-state index >= 15 is 0 Å². The first-order valence-corrected chi connectivity index (χ1v) is 11.6. The molecule has 2 N–H and O–H groups in total. The first-order valence-electron chi connectivity index (χ1n) is 10.8. The van der Waals surface area contributed by atoms with Crippen molar-refractivity contribution in [3.63, 3.8) is 0 Å². The Morgan fingerprint density at radius 1 is 1.00 bits per heavy atom. The molecule has 1 aromatic carbocycles. The molecule has 0 aromatic heterocycles. The molecule has 0 unspecified atom stereocenters. The summed E-state index contributed by atoms with van der Waals surface area (Å²) in [6, 6.07) is 8.71. The van der Waals surface area contributed by atoms with Crippen LogP contribution in [0.3, 0.4) is 0 Å². The van der Waals surface area contributed by atoms with Crippen LogP contribution in [0.15, 0.2) is 29.2 Å². The van der Waals surface area contributed by atoms with Crippen molar-refractivity contribution in [3.8, 4) is 0 Å². The molecule has 30 heavy (non-hydrogen) atoms. The number of benzene rings is 1. The molecule has 0 radical (unpaired) electrons. The number of hydrogen-bond acceptors (Lipinski definition) is 6. The van der Waals surface area contributed by atoms with Crippen LogP contribution in [0, 0.1) is 0 Å². The summed E-state index contributed by atoms with van der Waals surface area (Å²) in [4.78, 5) is 17.8. The molecule has 1 amide bonds. The lowest BCUT2D eigenvalue weighted by Gasteiger charge is -2.42. The minimum Gasteiger partial charge on any atom is -0.444 e. The summed E-state index contributed by atoms with van der Waals surface area (Å²) < 4.78 is 7.93. The van der Waals surface area contributed by atoms with Gasteiger partial charge in [0.1, 0.15) is 5.60 Å². The number of nitrogen functional groups attached to an aromatic ring is 1. The maximum absolute atomic E-state index is 12.2. The van der Waals surface area contributed by atoms with Crippen LogP contribution >= 0.6 is 11.9 Å². The van der Waals surface area contributed by atoms with Crippen LogP contribution in [-0.2, 0) is 4.74 Å². The van der Waals surface area contributed by atoms with Gasteiger partial charge in [0.2, 0.25) is 0 Å². The Bertz CT molecular complexity index is 617. The van der Waals surface area contributed by atoms with Crippen molar-refractivity contribution in [2.45, 2.75) is 71.4 Å². The van der Waals surface area contributed by atoms with Gasteiger partial charge >= 0.3 is 6.09 Å². The molecule has 0 saturated carbocycles. The van der Waals surface area contributed by atoms with Gasteiger partial charge in [0.15, 0.2) is 0 Å². The van der Waals surface area contributed by atoms with Crippen LogP contribution in [0.4, 0.5) is 10.5 Å². The largest absolute Gasteiger partial charge is 0.444 e. The number of carbonyl (C=O) groups excluding carboxylic acids is 1. The molecule has 0 aliphatic carbocycles. The second-order valence-corrected chi connectivity index (χ2v) is 9.49. The third kappa shape index (κ3) is 8.36. The van der Waals surface area contributed by atoms with Crippen LogP contribution < -0.4 is 5.73 Å². The zero-order valence-corrected chi connectivity index (χ0v) is 19.5. The van der Waals surface area contributed by atoms with E-state index < -0.39 is 5.60 Å². The lowest BCUT2D eigenvalue weighted by atomic mass is 10.0. The fraction of sp³-hybridized carbons (Fsp3) is 0.696. The normalized spacial score (nSPS) is 18.8. The molecule has 1 aromatic rings. The van der Waals surface area contributed by atoms with Gasteiger partial charge in [0, 0.05) is 55.9 Å². The van der Waals surface area contributed by atoms with Gasteiger partial charge in [-0.15, -0.1) is 0 Å². The summed E-state index contributed by atoms with van der Waals surface area (Å²) in [6.45, 7) is 15.3. The fourth-order valence-electron chi connectivity index (χ4n) is 3.57. The van der Waals surface area contributed by atoms with E-state index in [0.29, 0.717) is 6.04 Å². The number of nitrogens with two attached hydrogens (primary N) is 1. The summed E-state index contributed by atoms with van der Waals surface area (Å²) in [6.07, 6.45) is 2.17. The number of amides is 1. The number of nitrogens with zero attached hydrogens (tertiary/aromatic N) is 3. The number of rotatable bonds is 3. The van der Waals surface area contributed by atoms with Gasteiger partial charge < -0.3 is 15.4 Å². The highest BCUT2D eigenvalue weighted by Crippen LogP contribution is 2.28. The van der Waals surface area contributed by atoms with Gasteiger partial charge in [-0.2, -0.15) is 0 Å². The number of piperidine rings is 1. The highest BCUT2D eigenvalue weighted by molar-refractivity contribution is 7.97. The van der Waals surface area contributed by atoms with Gasteiger partial charge in [-0.25, -0.2) is 9.10 Å². The molecular weight excluding hydrogens is 396 g/mol. The molecular formula is C23H42N4O2S. The molecule has 0 bridgehead atoms. The van der Waals surface area contributed by atoms with E-state index in [1.54, 1.807) is 0 Å². The predicted octanol–water partition coefficient (Wildman–Crippen LogP) is 4.96. The molecule has 2 aliphatic heterocycles. The Labute approximate surface area is 188 Å². The first kappa shape index (κ1) is 26.6. The van der Waals surface area contributed by atoms with Gasteiger partial charge in [-0.1, -0.05) is 21.3 Å². The number of anilines is 1. The Kier molecular flexibility index (Phi) is 11.0. The highest BCUT2D eigenvalue weighted by atomic mass is 32.2. The highest BCUT2D eigenvalue weighted by Gasteiger charge is 2.30. The van der Waals surface area contributed by atoms with Crippen LogP contribution in [0.5, 0.6) is 0 Å². The Morgan fingerprint density at radius 3 is 2.03 bits per heavy atom. The molecule has 3 rings (SSSR count). The van der Waals surface area contributed by atoms with Crippen LogP contribution in [0.1, 0.15) is 54.9 Å². The van der Waals surface area contributed by atoms with E-state index in [-0.39, 0.29) is 13.5 Å². The smallest absolute Gasteiger partial charge is 0.410 e. The third-order valence-corrected chi connectivity index (χ3v) is 6.13. The summed E-state index contributed by atoms with van der Waals surface area (Å²) in [5.41, 5.74) is 6.14. The zero-order chi connectivity index (χ0) is 21.4. The number of piperazine rings is 1. The zero-order valence-electron chi connectivity index (χ0n) is 18.7. The van der Waals surface area contributed by atoms with Crippen LogP contribution in [-0.4, -0.2) is 71.1 Å². The van der Waals surface area contributed by atoms with E-state index in [0.717, 1.165) is 45.0 Å². The van der Waals surface area contributed by atoms with E-state index in [4.69, 9.17) is 10.5 Å². The summed E-state index contributed by atoms with van der Waals surface area (Å²) in [5, 5.41) is 0. The van der Waals surface area contributed by atoms with Gasteiger partial charge in [-0.3, -0.25) is 4.90 Å². The van der Waals surface area contributed by atoms with Crippen molar-refractivity contribution < 1.29 is 9.53 Å². The van der Waals surface area contributed by atoms with Gasteiger partial charge in [0.25, 0.3) is 0 Å². The average molecular weight is 439 g/mol. The second kappa shape index (κ2) is 12.4. The van der Waals surface area contributed by atoms with Crippen molar-refractivity contribution >= 4 is 23.7 Å². The van der Waals surface area contributed by atoms with Gasteiger partial charge in [-0.05, 0) is 69.8 Å². The van der Waals surface area contributed by atoms with Crippen LogP contribution in [0.25, 0.3) is 0 Å². The summed E-state index contributed by atoms with van der Waals surface area (Å²) >= 11 is 1.82. The van der Waals surface area contributed by atoms with Crippen molar-refractivity contribution in [2.24, 2.45) is 0 Å². The third-order valence-electron chi connectivity index (χ3n) is 5.02. The van der Waals surface area contributed by atoms with Crippen molar-refractivity contribution in [1.29, 1.82) is 0 Å². The van der Waals surface area contributed by atoms with Crippen molar-refractivity contribution in [1.82, 2.24) is 14.1 Å². The molecule has 172 valence electrons. The maximum Gasteiger partial charge on any atom is 0.410 e. The lowest BCUT2D eigenvalue weighted by Crippen LogP contribution is -2.54. The van der Waals surface area contributed by atoms with Gasteiger partial charge in [0.05, 0.1) is 0 Å². The Balaban J connectivity index is 0.00000146. The predicted molar refractivity (Wildman–Crippen MR) is 129 cm³/mol. The van der Waals surface area contributed by atoms with Crippen LogP contribution in [0.2, 0.25) is 0 Å². The van der Waals surface area contributed by atoms with E-state index in [2.05, 4.69) is 21.3 Å². The summed E-state index contributed by atoms with van der Waals surface area (Å²) in [7, 11) is 0. The maximum atomic E-state index is 12.2. The molecule has 6 nitrogen and oxygen atoms in total. The molecule has 0 atom stereocenters. The van der Waals surface area contributed by atoms with E-state index in [1.807, 2.05) is 63.6 Å². The number of carbonyl (C=O) groups is 1. The molecule has 2 heterocycles. The van der Waals surface area contributed by atoms with Crippen molar-refractivity contribution in [3.05, 3.63) is 24.3 Å². The minimum atomic E-state index is -0.427. The lowest BCUT2D eigenvalue weighted by molar-refractivity contribution is 0.00764. The SMILES string of the molecule is C.CC.CC(C)(C)OC(=O)N1CCN(C2CCN(Sc3ccc(N)cc3)CC2)CC1. The van der Waals surface area contributed by atoms with E-state index in [9.17, 15) is 4.79 Å². The minimum absolute atomic E-state index is 0. The molecule has 7 heteroatoms. The molecule has 2 saturated heterocycles. The average Bonchev–Trinajstić information content (AvgIpc) is 2.71. The second-order valence-electron chi connectivity index (χ2n) is 8.32. The quantitative estimate of drug-likeness (QED) is 0.532. The summed E-state index contributed by atoms with van der Waals surface area (Å²) in [5.74, 6) is 0.